The number of methoxy groups -OCH3 is 1. The minimum atomic E-state index is -0.316. The zero-order chi connectivity index (χ0) is 13.1. The van der Waals surface area contributed by atoms with E-state index in [1.807, 2.05) is 0 Å². The Balaban J connectivity index is 3.79. The van der Waals surface area contributed by atoms with Crippen molar-refractivity contribution in [1.29, 1.82) is 0 Å². The van der Waals surface area contributed by atoms with E-state index in [4.69, 9.17) is 4.74 Å². The lowest BCUT2D eigenvalue weighted by Gasteiger charge is -2.35. The monoisotopic (exact) mass is 244 g/mol. The Morgan fingerprint density at radius 3 is 1.94 bits per heavy atom. The average molecular weight is 244 g/mol. The minimum absolute atomic E-state index is 0.311. The van der Waals surface area contributed by atoms with Crippen LogP contribution in [0.4, 0.5) is 0 Å². The minimum Gasteiger partial charge on any atom is -0.390 e. The molecular formula is C15H32O2. The number of rotatable bonds is 11. The SMILES string of the molecule is CCCCCCCCC(O)C(CC)(CC)OC. The van der Waals surface area contributed by atoms with Crippen molar-refractivity contribution in [2.24, 2.45) is 0 Å². The summed E-state index contributed by atoms with van der Waals surface area (Å²) < 4.78 is 5.54. The lowest BCUT2D eigenvalue weighted by Crippen LogP contribution is -2.43. The maximum atomic E-state index is 10.2. The number of ether oxygens (including phenoxy) is 1. The molecule has 104 valence electrons. The zero-order valence-electron chi connectivity index (χ0n) is 12.3. The summed E-state index contributed by atoms with van der Waals surface area (Å²) in [6.07, 6.45) is 9.97. The van der Waals surface area contributed by atoms with Crippen LogP contribution >= 0.6 is 0 Å². The summed E-state index contributed by atoms with van der Waals surface area (Å²) in [5.74, 6) is 0. The molecule has 0 radical (unpaired) electrons. The van der Waals surface area contributed by atoms with Gasteiger partial charge < -0.3 is 9.84 Å². The Hall–Kier alpha value is -0.0800. The summed E-state index contributed by atoms with van der Waals surface area (Å²) in [6, 6.07) is 0. The largest absolute Gasteiger partial charge is 0.390 e. The Morgan fingerprint density at radius 2 is 1.47 bits per heavy atom. The second-order valence-corrected chi connectivity index (χ2v) is 5.05. The number of unbranched alkanes of at least 4 members (excludes halogenated alkanes) is 5. The molecule has 2 nitrogen and oxygen atoms in total. The van der Waals surface area contributed by atoms with E-state index in [-0.39, 0.29) is 11.7 Å². The van der Waals surface area contributed by atoms with Crippen LogP contribution in [0, 0.1) is 0 Å². The summed E-state index contributed by atoms with van der Waals surface area (Å²) in [5, 5.41) is 10.2. The van der Waals surface area contributed by atoms with Gasteiger partial charge in [0.25, 0.3) is 0 Å². The zero-order valence-corrected chi connectivity index (χ0v) is 12.3. The molecule has 17 heavy (non-hydrogen) atoms. The van der Waals surface area contributed by atoms with Crippen molar-refractivity contribution in [1.82, 2.24) is 0 Å². The first-order valence-corrected chi connectivity index (χ1v) is 7.40. The predicted molar refractivity (Wildman–Crippen MR) is 74.3 cm³/mol. The molecule has 1 atom stereocenters. The second-order valence-electron chi connectivity index (χ2n) is 5.05. The van der Waals surface area contributed by atoms with Crippen molar-refractivity contribution in [2.45, 2.75) is 90.3 Å². The van der Waals surface area contributed by atoms with Gasteiger partial charge in [-0.1, -0.05) is 59.3 Å². The van der Waals surface area contributed by atoms with Crippen LogP contribution < -0.4 is 0 Å². The van der Waals surface area contributed by atoms with E-state index in [9.17, 15) is 5.11 Å². The first-order chi connectivity index (χ1) is 8.16. The standard InChI is InChI=1S/C15H32O2/c1-5-8-9-10-11-12-13-14(16)15(6-2,7-3)17-4/h14,16H,5-13H2,1-4H3. The molecule has 0 aliphatic heterocycles. The molecule has 1 unspecified atom stereocenters. The van der Waals surface area contributed by atoms with Crippen LogP contribution in [0.25, 0.3) is 0 Å². The van der Waals surface area contributed by atoms with Crippen LogP contribution in [0.15, 0.2) is 0 Å². The third-order valence-electron chi connectivity index (χ3n) is 4.04. The van der Waals surface area contributed by atoms with Gasteiger partial charge in [0.15, 0.2) is 0 Å². The molecule has 0 rings (SSSR count). The van der Waals surface area contributed by atoms with Crippen molar-refractivity contribution in [3.8, 4) is 0 Å². The van der Waals surface area contributed by atoms with E-state index in [2.05, 4.69) is 20.8 Å². The van der Waals surface area contributed by atoms with Crippen LogP contribution in [0.3, 0.4) is 0 Å². The average Bonchev–Trinajstić information content (AvgIpc) is 2.36. The van der Waals surface area contributed by atoms with Crippen molar-refractivity contribution < 1.29 is 9.84 Å². The quantitative estimate of drug-likeness (QED) is 0.549. The normalized spacial score (nSPS) is 13.9. The first-order valence-electron chi connectivity index (χ1n) is 7.40. The molecule has 1 N–H and O–H groups in total. The highest BCUT2D eigenvalue weighted by atomic mass is 16.5. The molecule has 0 saturated carbocycles. The third kappa shape index (κ3) is 5.87. The van der Waals surface area contributed by atoms with E-state index >= 15 is 0 Å². The molecule has 0 saturated heterocycles. The maximum absolute atomic E-state index is 10.2. The fourth-order valence-electron chi connectivity index (χ4n) is 2.53. The Bertz CT molecular complexity index is 156. The van der Waals surface area contributed by atoms with Crippen molar-refractivity contribution >= 4 is 0 Å². The van der Waals surface area contributed by atoms with Crippen molar-refractivity contribution in [3.05, 3.63) is 0 Å². The highest BCUT2D eigenvalue weighted by Gasteiger charge is 2.33. The highest BCUT2D eigenvalue weighted by Crippen LogP contribution is 2.27. The molecule has 2 heteroatoms. The lowest BCUT2D eigenvalue weighted by molar-refractivity contribution is -0.110. The third-order valence-corrected chi connectivity index (χ3v) is 4.04. The molecular weight excluding hydrogens is 212 g/mol. The Morgan fingerprint density at radius 1 is 0.941 bits per heavy atom. The van der Waals surface area contributed by atoms with Crippen LogP contribution in [0.1, 0.15) is 78.6 Å². The number of aliphatic hydroxyl groups is 1. The van der Waals surface area contributed by atoms with Gasteiger partial charge in [-0.15, -0.1) is 0 Å². The molecule has 0 aromatic heterocycles. The lowest BCUT2D eigenvalue weighted by atomic mass is 9.87. The summed E-state index contributed by atoms with van der Waals surface area (Å²) in [4.78, 5) is 0. The summed E-state index contributed by atoms with van der Waals surface area (Å²) in [7, 11) is 1.72. The van der Waals surface area contributed by atoms with Crippen molar-refractivity contribution in [2.75, 3.05) is 7.11 Å². The summed E-state index contributed by atoms with van der Waals surface area (Å²) in [5.41, 5.74) is -0.316. The van der Waals surface area contributed by atoms with Crippen LogP contribution in [0.5, 0.6) is 0 Å². The van der Waals surface area contributed by atoms with E-state index in [0.29, 0.717) is 0 Å². The molecule has 0 fully saturated rings. The number of aliphatic hydroxyl groups excluding tert-OH is 1. The van der Waals surface area contributed by atoms with Gasteiger partial charge >= 0.3 is 0 Å². The topological polar surface area (TPSA) is 29.5 Å². The van der Waals surface area contributed by atoms with Crippen molar-refractivity contribution in [3.63, 3.8) is 0 Å². The number of hydrogen-bond donors (Lipinski definition) is 1. The molecule has 0 aromatic carbocycles. The molecule has 0 heterocycles. The maximum Gasteiger partial charge on any atom is 0.0931 e. The number of hydrogen-bond acceptors (Lipinski definition) is 2. The van der Waals surface area contributed by atoms with Crippen LogP contribution in [-0.2, 0) is 4.74 Å². The first kappa shape index (κ1) is 16.9. The smallest absolute Gasteiger partial charge is 0.0931 e. The van der Waals surface area contributed by atoms with E-state index in [1.54, 1.807) is 7.11 Å². The fourth-order valence-corrected chi connectivity index (χ4v) is 2.53. The van der Waals surface area contributed by atoms with Gasteiger partial charge in [0.1, 0.15) is 0 Å². The van der Waals surface area contributed by atoms with E-state index in [1.165, 1.54) is 32.1 Å². The van der Waals surface area contributed by atoms with E-state index < -0.39 is 0 Å². The molecule has 0 spiro atoms. The highest BCUT2D eigenvalue weighted by molar-refractivity contribution is 4.85. The molecule has 0 aromatic rings. The predicted octanol–water partition coefficient (Wildman–Crippen LogP) is 4.30. The van der Waals surface area contributed by atoms with E-state index in [0.717, 1.165) is 25.7 Å². The fraction of sp³-hybridized carbons (Fsp3) is 1.00. The van der Waals surface area contributed by atoms with Gasteiger partial charge in [0.2, 0.25) is 0 Å². The van der Waals surface area contributed by atoms with Crippen LogP contribution in [-0.4, -0.2) is 23.9 Å². The molecule has 0 amide bonds. The Kier molecular flexibility index (Phi) is 9.85. The van der Waals surface area contributed by atoms with Gasteiger partial charge in [-0.3, -0.25) is 0 Å². The van der Waals surface area contributed by atoms with Crippen LogP contribution in [0.2, 0.25) is 0 Å². The van der Waals surface area contributed by atoms with Gasteiger partial charge in [0, 0.05) is 7.11 Å². The summed E-state index contributed by atoms with van der Waals surface area (Å²) in [6.45, 7) is 6.42. The summed E-state index contributed by atoms with van der Waals surface area (Å²) >= 11 is 0. The molecule has 0 bridgehead atoms. The van der Waals surface area contributed by atoms with Gasteiger partial charge in [-0.2, -0.15) is 0 Å². The second kappa shape index (κ2) is 9.90. The Labute approximate surface area is 108 Å². The van der Waals surface area contributed by atoms with Gasteiger partial charge in [-0.05, 0) is 19.3 Å². The molecule has 0 aliphatic rings. The van der Waals surface area contributed by atoms with Gasteiger partial charge in [-0.25, -0.2) is 0 Å². The van der Waals surface area contributed by atoms with Gasteiger partial charge in [0.05, 0.1) is 11.7 Å². The molecule has 0 aliphatic carbocycles.